The van der Waals surface area contributed by atoms with E-state index in [0.717, 1.165) is 11.3 Å². The second-order valence-corrected chi connectivity index (χ2v) is 6.61. The van der Waals surface area contributed by atoms with E-state index >= 15 is 0 Å². The fourth-order valence-corrected chi connectivity index (χ4v) is 2.84. The Kier molecular flexibility index (Phi) is 3.41. The molecular formula is C9H13NO4S2. The third-order valence-corrected chi connectivity index (χ3v) is 3.50. The summed E-state index contributed by atoms with van der Waals surface area (Å²) in [5.41, 5.74) is -0.670. The molecule has 1 heterocycles. The number of hydrogen-bond donors (Lipinski definition) is 1. The van der Waals surface area contributed by atoms with E-state index in [1.165, 1.54) is 11.4 Å². The van der Waals surface area contributed by atoms with Crippen LogP contribution in [0.2, 0.25) is 0 Å². The number of carbonyl (C=O) groups is 1. The summed E-state index contributed by atoms with van der Waals surface area (Å²) in [6.07, 6.45) is 0. The van der Waals surface area contributed by atoms with Crippen molar-refractivity contribution < 1.29 is 17.9 Å². The lowest BCUT2D eigenvalue weighted by Gasteiger charge is -2.19. The van der Waals surface area contributed by atoms with Crippen molar-refractivity contribution in [1.29, 1.82) is 0 Å². The quantitative estimate of drug-likeness (QED) is 0.816. The molecule has 0 fully saturated rings. The van der Waals surface area contributed by atoms with Gasteiger partial charge in [-0.1, -0.05) is 0 Å². The van der Waals surface area contributed by atoms with Crippen molar-refractivity contribution in [3.05, 3.63) is 16.3 Å². The van der Waals surface area contributed by atoms with Gasteiger partial charge in [-0.15, -0.1) is 11.3 Å². The summed E-state index contributed by atoms with van der Waals surface area (Å²) < 4.78 is 27.4. The van der Waals surface area contributed by atoms with Crippen LogP contribution in [0.3, 0.4) is 0 Å². The molecule has 0 aromatic carbocycles. The average Bonchev–Trinajstić information content (AvgIpc) is 2.45. The number of ether oxygens (including phenoxy) is 1. The van der Waals surface area contributed by atoms with Crippen LogP contribution in [0.1, 0.15) is 30.4 Å². The van der Waals surface area contributed by atoms with E-state index in [1.807, 2.05) is 0 Å². The van der Waals surface area contributed by atoms with Crippen LogP contribution >= 0.6 is 11.3 Å². The molecule has 0 spiro atoms. The van der Waals surface area contributed by atoms with Gasteiger partial charge in [-0.2, -0.15) is 0 Å². The molecule has 0 aliphatic heterocycles. The van der Waals surface area contributed by atoms with Crippen LogP contribution in [0, 0.1) is 0 Å². The fraction of sp³-hybridized carbons (Fsp3) is 0.444. The third kappa shape index (κ3) is 3.29. The van der Waals surface area contributed by atoms with Gasteiger partial charge in [-0.05, 0) is 32.2 Å². The summed E-state index contributed by atoms with van der Waals surface area (Å²) >= 11 is 0.992. The maximum atomic E-state index is 11.7. The molecule has 0 radical (unpaired) electrons. The van der Waals surface area contributed by atoms with Gasteiger partial charge in [0, 0.05) is 0 Å². The minimum atomic E-state index is -3.88. The molecule has 2 N–H and O–H groups in total. The highest BCUT2D eigenvalue weighted by Gasteiger charge is 2.25. The molecular weight excluding hydrogens is 250 g/mol. The Morgan fingerprint density at radius 2 is 2.00 bits per heavy atom. The maximum Gasteiger partial charge on any atom is 0.350 e. The molecule has 0 saturated heterocycles. The number of primary sulfonamides is 1. The highest BCUT2D eigenvalue weighted by Crippen LogP contribution is 2.23. The van der Waals surface area contributed by atoms with Gasteiger partial charge in [-0.3, -0.25) is 0 Å². The second-order valence-electron chi connectivity index (χ2n) is 4.16. The van der Waals surface area contributed by atoms with Gasteiger partial charge in [0.05, 0.1) is 0 Å². The molecule has 1 aromatic rings. The van der Waals surface area contributed by atoms with E-state index in [0.29, 0.717) is 0 Å². The molecule has 90 valence electrons. The fourth-order valence-electron chi connectivity index (χ4n) is 0.995. The van der Waals surface area contributed by atoms with Crippen LogP contribution in [-0.4, -0.2) is 20.0 Å². The van der Waals surface area contributed by atoms with Crippen molar-refractivity contribution >= 4 is 27.3 Å². The van der Waals surface area contributed by atoms with Gasteiger partial charge < -0.3 is 4.74 Å². The molecule has 1 aromatic heterocycles. The molecule has 0 atom stereocenters. The first kappa shape index (κ1) is 13.1. The number of thiophene rings is 1. The number of carbonyl (C=O) groups excluding carboxylic acids is 1. The molecule has 5 nitrogen and oxygen atoms in total. The summed E-state index contributed by atoms with van der Waals surface area (Å²) in [5.74, 6) is -0.675. The SMILES string of the molecule is CC(C)(C)OC(=O)c1sccc1S(N)(=O)=O. The molecule has 0 saturated carbocycles. The second kappa shape index (κ2) is 4.15. The number of nitrogens with two attached hydrogens (primary N) is 1. The number of esters is 1. The van der Waals surface area contributed by atoms with E-state index < -0.39 is 21.6 Å². The molecule has 16 heavy (non-hydrogen) atoms. The lowest BCUT2D eigenvalue weighted by Crippen LogP contribution is -2.25. The monoisotopic (exact) mass is 263 g/mol. The third-order valence-electron chi connectivity index (χ3n) is 1.52. The van der Waals surface area contributed by atoms with Gasteiger partial charge in [0.25, 0.3) is 0 Å². The van der Waals surface area contributed by atoms with Crippen molar-refractivity contribution in [1.82, 2.24) is 0 Å². The predicted molar refractivity (Wildman–Crippen MR) is 60.9 cm³/mol. The predicted octanol–water partition coefficient (Wildman–Crippen LogP) is 1.35. The van der Waals surface area contributed by atoms with Crippen molar-refractivity contribution in [2.75, 3.05) is 0 Å². The molecule has 0 bridgehead atoms. The highest BCUT2D eigenvalue weighted by atomic mass is 32.2. The van der Waals surface area contributed by atoms with E-state index in [-0.39, 0.29) is 9.77 Å². The zero-order valence-electron chi connectivity index (χ0n) is 9.18. The van der Waals surface area contributed by atoms with E-state index in [1.54, 1.807) is 20.8 Å². The van der Waals surface area contributed by atoms with Gasteiger partial charge in [0.2, 0.25) is 10.0 Å². The Morgan fingerprint density at radius 1 is 1.44 bits per heavy atom. The van der Waals surface area contributed by atoms with Crippen molar-refractivity contribution in [2.24, 2.45) is 5.14 Å². The zero-order chi connectivity index (χ0) is 12.6. The molecule has 0 unspecified atom stereocenters. The smallest absolute Gasteiger partial charge is 0.350 e. The summed E-state index contributed by atoms with van der Waals surface area (Å²) in [7, 11) is -3.88. The molecule has 0 aliphatic rings. The minimum Gasteiger partial charge on any atom is -0.456 e. The Balaban J connectivity index is 3.07. The summed E-state index contributed by atoms with van der Waals surface area (Å²) in [6.45, 7) is 5.11. The maximum absolute atomic E-state index is 11.7. The Bertz CT molecular complexity index is 496. The van der Waals surface area contributed by atoms with Crippen molar-refractivity contribution in [2.45, 2.75) is 31.3 Å². The van der Waals surface area contributed by atoms with Crippen LogP contribution < -0.4 is 5.14 Å². The first-order chi connectivity index (χ1) is 7.11. The lowest BCUT2D eigenvalue weighted by molar-refractivity contribution is 0.00712. The lowest BCUT2D eigenvalue weighted by atomic mass is 10.2. The normalized spacial score (nSPS) is 12.5. The van der Waals surface area contributed by atoms with Crippen molar-refractivity contribution in [3.63, 3.8) is 0 Å². The van der Waals surface area contributed by atoms with Crippen LogP contribution in [-0.2, 0) is 14.8 Å². The molecule has 1 rings (SSSR count). The van der Waals surface area contributed by atoms with Crippen molar-refractivity contribution in [3.8, 4) is 0 Å². The van der Waals surface area contributed by atoms with E-state index in [2.05, 4.69) is 0 Å². The first-order valence-electron chi connectivity index (χ1n) is 4.45. The van der Waals surface area contributed by atoms with E-state index in [4.69, 9.17) is 9.88 Å². The standard InChI is InChI=1S/C9H13NO4S2/c1-9(2,3)14-8(11)7-6(4-5-15-7)16(10,12)13/h4-5H,1-3H3,(H2,10,12,13). The van der Waals surface area contributed by atoms with Crippen LogP contribution in [0.25, 0.3) is 0 Å². The van der Waals surface area contributed by atoms with Gasteiger partial charge in [0.15, 0.2) is 0 Å². The summed E-state index contributed by atoms with van der Waals surface area (Å²) in [6, 6.07) is 1.29. The van der Waals surface area contributed by atoms with Gasteiger partial charge in [0.1, 0.15) is 15.4 Å². The molecule has 0 aliphatic carbocycles. The minimum absolute atomic E-state index is 0.0115. The Morgan fingerprint density at radius 3 is 2.44 bits per heavy atom. The average molecular weight is 263 g/mol. The van der Waals surface area contributed by atoms with Crippen LogP contribution in [0.4, 0.5) is 0 Å². The zero-order valence-corrected chi connectivity index (χ0v) is 10.8. The van der Waals surface area contributed by atoms with E-state index in [9.17, 15) is 13.2 Å². The Labute approximate surface area is 98.3 Å². The first-order valence-corrected chi connectivity index (χ1v) is 6.87. The van der Waals surface area contributed by atoms with Crippen LogP contribution in [0.5, 0.6) is 0 Å². The molecule has 0 amide bonds. The molecule has 7 heteroatoms. The number of hydrogen-bond acceptors (Lipinski definition) is 5. The number of rotatable bonds is 2. The highest BCUT2D eigenvalue weighted by molar-refractivity contribution is 7.89. The summed E-state index contributed by atoms with van der Waals surface area (Å²) in [4.78, 5) is 11.5. The van der Waals surface area contributed by atoms with Crippen LogP contribution in [0.15, 0.2) is 16.3 Å². The van der Waals surface area contributed by atoms with Gasteiger partial charge in [-0.25, -0.2) is 18.4 Å². The Hall–Kier alpha value is -0.920. The number of sulfonamides is 1. The largest absolute Gasteiger partial charge is 0.456 e. The summed E-state index contributed by atoms with van der Waals surface area (Å²) in [5, 5.41) is 6.46. The topological polar surface area (TPSA) is 86.5 Å². The van der Waals surface area contributed by atoms with Gasteiger partial charge >= 0.3 is 5.97 Å².